The minimum absolute atomic E-state index is 0.0551. The second-order valence-electron chi connectivity index (χ2n) is 4.27. The molecule has 0 radical (unpaired) electrons. The fraction of sp³-hybridized carbons (Fsp3) is 0.231. The average molecular weight is 245 g/mol. The fourth-order valence-corrected chi connectivity index (χ4v) is 2.02. The van der Waals surface area contributed by atoms with Crippen LogP contribution in [-0.4, -0.2) is 28.4 Å². The molecule has 2 rings (SSSR count). The van der Waals surface area contributed by atoms with Gasteiger partial charge in [0.05, 0.1) is 16.7 Å². The molecule has 0 fully saturated rings. The predicted molar refractivity (Wildman–Crippen MR) is 63.1 cm³/mol. The molecule has 92 valence electrons. The molecule has 0 saturated carbocycles. The summed E-state index contributed by atoms with van der Waals surface area (Å²) < 4.78 is -1.67. The van der Waals surface area contributed by atoms with E-state index in [9.17, 15) is 19.6 Å². The summed E-state index contributed by atoms with van der Waals surface area (Å²) in [7, 11) is 0. The van der Waals surface area contributed by atoms with Crippen molar-refractivity contribution in [3.8, 4) is 0 Å². The van der Waals surface area contributed by atoms with E-state index in [4.69, 9.17) is 0 Å². The molecule has 1 aliphatic heterocycles. The molecule has 0 saturated heterocycles. The van der Waals surface area contributed by atoms with E-state index in [-0.39, 0.29) is 16.7 Å². The van der Waals surface area contributed by atoms with Crippen molar-refractivity contribution in [3.63, 3.8) is 0 Å². The van der Waals surface area contributed by atoms with Crippen LogP contribution in [0, 0.1) is 5.21 Å². The predicted octanol–water partition coefficient (Wildman–Crippen LogP) is 1.46. The Labute approximate surface area is 103 Å². The highest BCUT2D eigenvalue weighted by Gasteiger charge is 2.51. The Balaban J connectivity index is 2.60. The minimum Gasteiger partial charge on any atom is -0.617 e. The Morgan fingerprint density at radius 1 is 1.22 bits per heavy atom. The molecule has 2 amide bonds. The van der Waals surface area contributed by atoms with Crippen LogP contribution in [0.25, 0.3) is 0 Å². The molecule has 18 heavy (non-hydrogen) atoms. The number of hydrogen-bond acceptors (Lipinski definition) is 4. The highest BCUT2D eigenvalue weighted by Crippen LogP contribution is 2.33. The topological polar surface area (TPSA) is 74.3 Å². The molecular weight excluding hydrogens is 234 g/mol. The Morgan fingerprint density at radius 3 is 2.06 bits per heavy atom. The molecule has 5 heteroatoms. The van der Waals surface area contributed by atoms with Crippen LogP contribution in [0.5, 0.6) is 0 Å². The second kappa shape index (κ2) is 3.99. The second-order valence-corrected chi connectivity index (χ2v) is 4.27. The van der Waals surface area contributed by atoms with Gasteiger partial charge in [0.1, 0.15) is 12.0 Å². The van der Waals surface area contributed by atoms with Crippen LogP contribution in [0.15, 0.2) is 29.8 Å². The van der Waals surface area contributed by atoms with Gasteiger partial charge in [0.2, 0.25) is 0 Å². The first-order chi connectivity index (χ1) is 8.44. The standard InChI is InChI=1S/C13H11NO4/c1-8(7-15)9(2)14(18)12(16)10-5-3-4-6-11(10)13(14)17/h3-6,9H,1-2H3. The number of benzene rings is 1. The number of quaternary nitrogens is 1. The van der Waals surface area contributed by atoms with Crippen molar-refractivity contribution in [2.45, 2.75) is 19.9 Å². The van der Waals surface area contributed by atoms with E-state index in [0.717, 1.165) is 0 Å². The third-order valence-corrected chi connectivity index (χ3v) is 3.32. The normalized spacial score (nSPS) is 18.2. The maximum atomic E-state index is 12.6. The maximum Gasteiger partial charge on any atom is 0.355 e. The van der Waals surface area contributed by atoms with Crippen LogP contribution >= 0.6 is 0 Å². The van der Waals surface area contributed by atoms with Crippen LogP contribution in [0.3, 0.4) is 0 Å². The monoisotopic (exact) mass is 245 g/mol. The van der Waals surface area contributed by atoms with Gasteiger partial charge < -0.3 is 5.21 Å². The van der Waals surface area contributed by atoms with Crippen molar-refractivity contribution in [1.82, 2.24) is 0 Å². The van der Waals surface area contributed by atoms with Gasteiger partial charge in [0, 0.05) is 0 Å². The minimum atomic E-state index is -1.67. The van der Waals surface area contributed by atoms with Crippen LogP contribution in [-0.2, 0) is 4.79 Å². The first kappa shape index (κ1) is 12.4. The summed E-state index contributed by atoms with van der Waals surface area (Å²) in [6, 6.07) is 5.01. The first-order valence-electron chi connectivity index (χ1n) is 5.44. The van der Waals surface area contributed by atoms with Gasteiger partial charge in [-0.25, -0.2) is 19.0 Å². The van der Waals surface area contributed by atoms with Gasteiger partial charge in [-0.15, -0.1) is 0 Å². The SMILES string of the molecule is CC(=C=O)C(C)[N+]1([O-])C(=O)c2ccccc2C1=O. The number of carbonyl (C=O) groups is 2. The van der Waals surface area contributed by atoms with Gasteiger partial charge in [-0.05, 0) is 26.0 Å². The molecule has 1 aromatic carbocycles. The van der Waals surface area contributed by atoms with E-state index in [1.165, 1.54) is 26.0 Å². The Morgan fingerprint density at radius 2 is 1.67 bits per heavy atom. The number of fused-ring (bicyclic) bond motifs is 1. The van der Waals surface area contributed by atoms with E-state index in [1.54, 1.807) is 18.1 Å². The highest BCUT2D eigenvalue weighted by atomic mass is 16.6. The molecule has 0 N–H and O–H groups in total. The maximum absolute atomic E-state index is 12.6. The van der Waals surface area contributed by atoms with Gasteiger partial charge >= 0.3 is 11.8 Å². The van der Waals surface area contributed by atoms with Crippen molar-refractivity contribution in [1.29, 1.82) is 0 Å². The number of amides is 2. The molecule has 1 unspecified atom stereocenters. The average Bonchev–Trinajstić information content (AvgIpc) is 2.60. The summed E-state index contributed by atoms with van der Waals surface area (Å²) in [5.74, 6) is -0.0619. The lowest BCUT2D eigenvalue weighted by Gasteiger charge is -2.37. The third kappa shape index (κ3) is 1.39. The van der Waals surface area contributed by atoms with E-state index < -0.39 is 22.5 Å². The highest BCUT2D eigenvalue weighted by molar-refractivity contribution is 6.14. The van der Waals surface area contributed by atoms with Crippen LogP contribution in [0.1, 0.15) is 34.6 Å². The van der Waals surface area contributed by atoms with Gasteiger partial charge in [0.25, 0.3) is 0 Å². The lowest BCUT2D eigenvalue weighted by atomic mass is 10.1. The van der Waals surface area contributed by atoms with E-state index in [2.05, 4.69) is 0 Å². The lowest BCUT2D eigenvalue weighted by Crippen LogP contribution is -2.54. The molecule has 5 nitrogen and oxygen atoms in total. The van der Waals surface area contributed by atoms with E-state index >= 15 is 0 Å². The first-order valence-corrected chi connectivity index (χ1v) is 5.44. The molecule has 0 bridgehead atoms. The summed E-state index contributed by atoms with van der Waals surface area (Å²) in [5, 5.41) is 12.6. The molecule has 1 atom stereocenters. The fourth-order valence-electron chi connectivity index (χ4n) is 2.02. The molecule has 1 aromatic rings. The van der Waals surface area contributed by atoms with Gasteiger partial charge in [-0.3, -0.25) is 0 Å². The number of hydroxylamine groups is 3. The van der Waals surface area contributed by atoms with Crippen LogP contribution in [0.4, 0.5) is 0 Å². The van der Waals surface area contributed by atoms with Gasteiger partial charge in [0.15, 0.2) is 0 Å². The summed E-state index contributed by atoms with van der Waals surface area (Å²) in [6.07, 6.45) is 0. The smallest absolute Gasteiger partial charge is 0.355 e. The number of nitrogens with zero attached hydrogens (tertiary/aromatic N) is 1. The zero-order chi connectivity index (χ0) is 13.5. The number of carbonyl (C=O) groups excluding carboxylic acids is 3. The Hall–Kier alpha value is -2.07. The number of hydrogen-bond donors (Lipinski definition) is 0. The Kier molecular flexibility index (Phi) is 2.75. The van der Waals surface area contributed by atoms with Gasteiger partial charge in [-0.2, -0.15) is 0 Å². The zero-order valence-electron chi connectivity index (χ0n) is 9.97. The third-order valence-electron chi connectivity index (χ3n) is 3.32. The molecule has 1 heterocycles. The summed E-state index contributed by atoms with van der Waals surface area (Å²) in [6.45, 7) is 2.77. The molecule has 0 spiro atoms. The van der Waals surface area contributed by atoms with Gasteiger partial charge in [-0.1, -0.05) is 12.1 Å². The molecule has 1 aliphatic rings. The van der Waals surface area contributed by atoms with Crippen molar-refractivity contribution >= 4 is 17.8 Å². The van der Waals surface area contributed by atoms with Crippen molar-refractivity contribution in [2.75, 3.05) is 0 Å². The van der Waals surface area contributed by atoms with E-state index in [1.807, 2.05) is 0 Å². The molecule has 0 aliphatic carbocycles. The van der Waals surface area contributed by atoms with Crippen molar-refractivity contribution in [2.24, 2.45) is 0 Å². The Bertz CT molecular complexity index is 564. The van der Waals surface area contributed by atoms with Crippen molar-refractivity contribution in [3.05, 3.63) is 46.2 Å². The lowest BCUT2D eigenvalue weighted by molar-refractivity contribution is -0.728. The van der Waals surface area contributed by atoms with Crippen molar-refractivity contribution < 1.29 is 19.0 Å². The largest absolute Gasteiger partial charge is 0.617 e. The quantitative estimate of drug-likeness (QED) is 0.342. The van der Waals surface area contributed by atoms with E-state index in [0.29, 0.717) is 0 Å². The zero-order valence-corrected chi connectivity index (χ0v) is 9.97. The number of rotatable bonds is 2. The number of imide groups is 1. The van der Waals surface area contributed by atoms with Crippen LogP contribution in [0.2, 0.25) is 0 Å². The van der Waals surface area contributed by atoms with Crippen LogP contribution < -0.4 is 0 Å². The summed E-state index contributed by atoms with van der Waals surface area (Å²) >= 11 is 0. The summed E-state index contributed by atoms with van der Waals surface area (Å²) in [4.78, 5) is 34.8. The molecule has 0 aromatic heterocycles. The summed E-state index contributed by atoms with van der Waals surface area (Å²) in [5.41, 5.74) is 0.283. The molecular formula is C13H11NO4.